The molecule has 0 bridgehead atoms. The number of likely N-dealkylation sites (tertiary alicyclic amines) is 1. The van der Waals surface area contributed by atoms with Crippen LogP contribution in [0.5, 0.6) is 0 Å². The fraction of sp³-hybridized carbons (Fsp3) is 0.650. The third-order valence-corrected chi connectivity index (χ3v) is 5.05. The van der Waals surface area contributed by atoms with Gasteiger partial charge in [-0.05, 0) is 43.5 Å². The van der Waals surface area contributed by atoms with Crippen LogP contribution in [0, 0.1) is 0 Å². The molecule has 1 aromatic rings. The first-order valence-electron chi connectivity index (χ1n) is 9.59. The number of aliphatic imine (C=N–C) groups is 1. The van der Waals surface area contributed by atoms with E-state index in [1.165, 1.54) is 43.5 Å². The Bertz CT molecular complexity index is 523. The first-order chi connectivity index (χ1) is 12.1. The molecule has 1 fully saturated rings. The molecule has 5 heteroatoms. The number of benzene rings is 1. The monoisotopic (exact) mass is 345 g/mol. The molecule has 2 N–H and O–H groups in total. The van der Waals surface area contributed by atoms with Gasteiger partial charge in [0.05, 0.1) is 0 Å². The topological polar surface area (TPSA) is 42.9 Å². The summed E-state index contributed by atoms with van der Waals surface area (Å²) in [6.45, 7) is 6.37. The predicted molar refractivity (Wildman–Crippen MR) is 108 cm³/mol. The van der Waals surface area contributed by atoms with Crippen LogP contribution in [0.2, 0.25) is 0 Å². The standard InChI is InChI=1S/C20H35N5/c1-5-18-8-6-7-14-25(18)15-13-22-20(21-2)23-16-17-9-11-19(12-10-17)24(3)4/h9-12,18H,5-8,13-16H2,1-4H3,(H2,21,22,23). The fourth-order valence-electron chi connectivity index (χ4n) is 3.45. The van der Waals surface area contributed by atoms with Crippen molar-refractivity contribution < 1.29 is 0 Å². The summed E-state index contributed by atoms with van der Waals surface area (Å²) in [6.07, 6.45) is 5.34. The van der Waals surface area contributed by atoms with Gasteiger partial charge in [0, 0.05) is 52.5 Å². The molecule has 0 spiro atoms. The first kappa shape index (κ1) is 19.6. The lowest BCUT2D eigenvalue weighted by atomic mass is 10.0. The van der Waals surface area contributed by atoms with E-state index in [1.54, 1.807) is 0 Å². The summed E-state index contributed by atoms with van der Waals surface area (Å²) >= 11 is 0. The molecule has 1 atom stereocenters. The minimum atomic E-state index is 0.765. The molecular formula is C20H35N5. The van der Waals surface area contributed by atoms with Gasteiger partial charge in [-0.3, -0.25) is 9.89 Å². The zero-order valence-electron chi connectivity index (χ0n) is 16.4. The maximum absolute atomic E-state index is 4.34. The van der Waals surface area contributed by atoms with Gasteiger partial charge in [-0.2, -0.15) is 0 Å². The van der Waals surface area contributed by atoms with Crippen LogP contribution in [-0.4, -0.2) is 57.7 Å². The molecule has 1 aromatic carbocycles. The molecule has 0 aliphatic carbocycles. The zero-order chi connectivity index (χ0) is 18.1. The number of piperidine rings is 1. The normalized spacial score (nSPS) is 18.9. The molecule has 0 aromatic heterocycles. The van der Waals surface area contributed by atoms with Gasteiger partial charge in [-0.25, -0.2) is 0 Å². The van der Waals surface area contributed by atoms with E-state index in [9.17, 15) is 0 Å². The molecule has 140 valence electrons. The second-order valence-electron chi connectivity index (χ2n) is 7.01. The van der Waals surface area contributed by atoms with Crippen molar-refractivity contribution in [1.82, 2.24) is 15.5 Å². The average molecular weight is 346 g/mol. The molecule has 25 heavy (non-hydrogen) atoms. The lowest BCUT2D eigenvalue weighted by Gasteiger charge is -2.35. The van der Waals surface area contributed by atoms with E-state index in [-0.39, 0.29) is 0 Å². The highest BCUT2D eigenvalue weighted by Gasteiger charge is 2.19. The Balaban J connectivity index is 1.73. The van der Waals surface area contributed by atoms with Gasteiger partial charge in [0.25, 0.3) is 0 Å². The van der Waals surface area contributed by atoms with Crippen LogP contribution in [0.25, 0.3) is 0 Å². The van der Waals surface area contributed by atoms with Crippen molar-refractivity contribution in [2.75, 3.05) is 45.7 Å². The highest BCUT2D eigenvalue weighted by Crippen LogP contribution is 2.18. The summed E-state index contributed by atoms with van der Waals surface area (Å²) in [5.74, 6) is 0.877. The summed E-state index contributed by atoms with van der Waals surface area (Å²) in [4.78, 5) is 9.08. The van der Waals surface area contributed by atoms with E-state index < -0.39 is 0 Å². The lowest BCUT2D eigenvalue weighted by Crippen LogP contribution is -2.45. The van der Waals surface area contributed by atoms with Crippen LogP contribution in [0.3, 0.4) is 0 Å². The molecule has 5 nitrogen and oxygen atoms in total. The Morgan fingerprint density at radius 2 is 1.96 bits per heavy atom. The van der Waals surface area contributed by atoms with Gasteiger partial charge in [0.15, 0.2) is 5.96 Å². The van der Waals surface area contributed by atoms with Gasteiger partial charge >= 0.3 is 0 Å². The van der Waals surface area contributed by atoms with Gasteiger partial charge in [0.1, 0.15) is 0 Å². The minimum absolute atomic E-state index is 0.765. The number of hydrogen-bond donors (Lipinski definition) is 2. The van der Waals surface area contributed by atoms with Gasteiger partial charge in [0.2, 0.25) is 0 Å². The van der Waals surface area contributed by atoms with Crippen molar-refractivity contribution in [1.29, 1.82) is 0 Å². The molecule has 2 rings (SSSR count). The number of hydrogen-bond acceptors (Lipinski definition) is 3. The third-order valence-electron chi connectivity index (χ3n) is 5.05. The minimum Gasteiger partial charge on any atom is -0.378 e. The Labute approximate surface area is 153 Å². The second kappa shape index (κ2) is 10.3. The second-order valence-corrected chi connectivity index (χ2v) is 7.01. The van der Waals surface area contributed by atoms with E-state index in [0.29, 0.717) is 0 Å². The van der Waals surface area contributed by atoms with Crippen molar-refractivity contribution in [2.24, 2.45) is 4.99 Å². The van der Waals surface area contributed by atoms with Crippen molar-refractivity contribution in [3.05, 3.63) is 29.8 Å². The Hall–Kier alpha value is -1.75. The van der Waals surface area contributed by atoms with Crippen molar-refractivity contribution in [3.8, 4) is 0 Å². The van der Waals surface area contributed by atoms with Gasteiger partial charge in [-0.15, -0.1) is 0 Å². The number of nitrogens with one attached hydrogen (secondary N) is 2. The van der Waals surface area contributed by atoms with Crippen LogP contribution >= 0.6 is 0 Å². The maximum Gasteiger partial charge on any atom is 0.191 e. The summed E-state index contributed by atoms with van der Waals surface area (Å²) in [6, 6.07) is 9.38. The Morgan fingerprint density at radius 3 is 2.60 bits per heavy atom. The molecule has 1 aliphatic heterocycles. The summed E-state index contributed by atoms with van der Waals surface area (Å²) in [5.41, 5.74) is 2.48. The SMILES string of the molecule is CCC1CCCCN1CCNC(=NC)NCc1ccc(N(C)C)cc1. The van der Waals surface area contributed by atoms with Crippen LogP contribution < -0.4 is 15.5 Å². The molecule has 0 radical (unpaired) electrons. The zero-order valence-corrected chi connectivity index (χ0v) is 16.4. The first-order valence-corrected chi connectivity index (χ1v) is 9.59. The van der Waals surface area contributed by atoms with E-state index in [0.717, 1.165) is 31.6 Å². The summed E-state index contributed by atoms with van der Waals surface area (Å²) in [5, 5.41) is 6.85. The van der Waals surface area contributed by atoms with E-state index in [4.69, 9.17) is 0 Å². The van der Waals surface area contributed by atoms with Crippen molar-refractivity contribution in [3.63, 3.8) is 0 Å². The van der Waals surface area contributed by atoms with Crippen LogP contribution in [0.4, 0.5) is 5.69 Å². The maximum atomic E-state index is 4.34. The number of nitrogens with zero attached hydrogens (tertiary/aromatic N) is 3. The van der Waals surface area contributed by atoms with Crippen LogP contribution in [-0.2, 0) is 6.54 Å². The smallest absolute Gasteiger partial charge is 0.191 e. The van der Waals surface area contributed by atoms with Gasteiger partial charge in [-0.1, -0.05) is 25.5 Å². The number of rotatable bonds is 7. The summed E-state index contributed by atoms with van der Waals surface area (Å²) in [7, 11) is 5.95. The molecule has 0 amide bonds. The van der Waals surface area contributed by atoms with E-state index in [1.807, 2.05) is 7.05 Å². The summed E-state index contributed by atoms with van der Waals surface area (Å²) < 4.78 is 0. The highest BCUT2D eigenvalue weighted by molar-refractivity contribution is 5.79. The van der Waals surface area contributed by atoms with E-state index in [2.05, 4.69) is 70.7 Å². The largest absolute Gasteiger partial charge is 0.378 e. The highest BCUT2D eigenvalue weighted by atomic mass is 15.2. The lowest BCUT2D eigenvalue weighted by molar-refractivity contribution is 0.147. The molecular weight excluding hydrogens is 310 g/mol. The third kappa shape index (κ3) is 6.24. The van der Waals surface area contributed by atoms with Crippen molar-refractivity contribution >= 4 is 11.6 Å². The van der Waals surface area contributed by atoms with Gasteiger partial charge < -0.3 is 15.5 Å². The Kier molecular flexibility index (Phi) is 8.06. The number of guanidine groups is 1. The molecule has 0 saturated carbocycles. The fourth-order valence-corrected chi connectivity index (χ4v) is 3.45. The molecule has 1 aliphatic rings. The van der Waals surface area contributed by atoms with Crippen LogP contribution in [0.15, 0.2) is 29.3 Å². The molecule has 1 unspecified atom stereocenters. The Morgan fingerprint density at radius 1 is 1.20 bits per heavy atom. The van der Waals surface area contributed by atoms with Crippen molar-refractivity contribution in [2.45, 2.75) is 45.2 Å². The van der Waals surface area contributed by atoms with E-state index >= 15 is 0 Å². The van der Waals surface area contributed by atoms with Crippen LogP contribution in [0.1, 0.15) is 38.2 Å². The molecule has 1 saturated heterocycles. The predicted octanol–water partition coefficient (Wildman–Crippen LogP) is 2.68. The quantitative estimate of drug-likeness (QED) is 0.589. The average Bonchev–Trinajstić information content (AvgIpc) is 2.65. The number of anilines is 1. The molecule has 1 heterocycles.